The van der Waals surface area contributed by atoms with Gasteiger partial charge in [-0.2, -0.15) is 0 Å². The van der Waals surface area contributed by atoms with Gasteiger partial charge < -0.3 is 14.6 Å². The molecule has 0 saturated carbocycles. The number of anilines is 1. The fourth-order valence-electron chi connectivity index (χ4n) is 2.45. The van der Waals surface area contributed by atoms with Crippen molar-refractivity contribution in [1.82, 2.24) is 14.7 Å². The first-order valence-corrected chi connectivity index (χ1v) is 8.01. The van der Waals surface area contributed by atoms with Gasteiger partial charge in [0.15, 0.2) is 5.82 Å². The molecule has 0 saturated heterocycles. The molecule has 4 heteroatoms. The minimum atomic E-state index is 0.714. The fourth-order valence-corrected chi connectivity index (χ4v) is 2.45. The van der Waals surface area contributed by atoms with Gasteiger partial charge in [0.2, 0.25) is 0 Å². The first kappa shape index (κ1) is 15.8. The quantitative estimate of drug-likeness (QED) is 0.756. The van der Waals surface area contributed by atoms with Crippen LogP contribution in [-0.2, 0) is 6.54 Å². The molecule has 2 rings (SSSR count). The first-order chi connectivity index (χ1) is 10.1. The number of pyridine rings is 1. The van der Waals surface area contributed by atoms with E-state index >= 15 is 0 Å². The highest BCUT2D eigenvalue weighted by Crippen LogP contribution is 2.21. The molecule has 0 aliphatic rings. The summed E-state index contributed by atoms with van der Waals surface area (Å²) in [6, 6.07) is 6.18. The van der Waals surface area contributed by atoms with Crippen molar-refractivity contribution in [2.24, 2.45) is 5.92 Å². The van der Waals surface area contributed by atoms with Crippen LogP contribution in [0.1, 0.15) is 39.3 Å². The van der Waals surface area contributed by atoms with E-state index in [0.29, 0.717) is 5.92 Å². The zero-order chi connectivity index (χ0) is 15.2. The summed E-state index contributed by atoms with van der Waals surface area (Å²) in [6.45, 7) is 9.66. The lowest BCUT2D eigenvalue weighted by Gasteiger charge is -2.19. The van der Waals surface area contributed by atoms with Crippen LogP contribution >= 0.6 is 0 Å². The van der Waals surface area contributed by atoms with Gasteiger partial charge in [-0.3, -0.25) is 0 Å². The second-order valence-corrected chi connectivity index (χ2v) is 6.09. The van der Waals surface area contributed by atoms with Gasteiger partial charge in [0.1, 0.15) is 5.65 Å². The number of rotatable bonds is 8. The molecule has 0 aliphatic carbocycles. The van der Waals surface area contributed by atoms with Crippen molar-refractivity contribution in [3.05, 3.63) is 30.1 Å². The molecule has 0 atom stereocenters. The molecule has 0 spiro atoms. The predicted octanol–water partition coefficient (Wildman–Crippen LogP) is 3.32. The van der Waals surface area contributed by atoms with E-state index in [2.05, 4.69) is 60.8 Å². The maximum absolute atomic E-state index is 4.82. The van der Waals surface area contributed by atoms with Gasteiger partial charge in [-0.1, -0.05) is 26.8 Å². The molecule has 2 aromatic heterocycles. The van der Waals surface area contributed by atoms with E-state index in [1.807, 2.05) is 6.07 Å². The van der Waals surface area contributed by atoms with E-state index in [1.54, 1.807) is 0 Å². The van der Waals surface area contributed by atoms with Crippen LogP contribution in [0.4, 0.5) is 5.82 Å². The normalized spacial score (nSPS) is 11.5. The number of fused-ring (bicyclic) bond motifs is 1. The Bertz CT molecular complexity index is 559. The summed E-state index contributed by atoms with van der Waals surface area (Å²) < 4.78 is 2.20. The first-order valence-electron chi connectivity index (χ1n) is 8.01. The van der Waals surface area contributed by atoms with Gasteiger partial charge in [0.05, 0.1) is 5.69 Å². The van der Waals surface area contributed by atoms with Crippen LogP contribution in [0.5, 0.6) is 0 Å². The van der Waals surface area contributed by atoms with Crippen LogP contribution in [0.2, 0.25) is 0 Å². The van der Waals surface area contributed by atoms with Crippen molar-refractivity contribution in [2.75, 3.05) is 25.0 Å². The van der Waals surface area contributed by atoms with Crippen LogP contribution in [0, 0.1) is 5.92 Å². The highest BCUT2D eigenvalue weighted by atomic mass is 15.2. The SMILES string of the molecule is CCCNCc1c(N(C)CCC(C)C)nc2ccccn12. The Balaban J connectivity index is 2.25. The number of imidazole rings is 1. The molecular weight excluding hydrogens is 260 g/mol. The highest BCUT2D eigenvalue weighted by molar-refractivity contribution is 5.55. The third-order valence-corrected chi connectivity index (χ3v) is 3.73. The summed E-state index contributed by atoms with van der Waals surface area (Å²) in [7, 11) is 2.15. The van der Waals surface area contributed by atoms with Gasteiger partial charge in [0, 0.05) is 26.3 Å². The lowest BCUT2D eigenvalue weighted by Crippen LogP contribution is -2.23. The molecule has 2 heterocycles. The highest BCUT2D eigenvalue weighted by Gasteiger charge is 2.15. The van der Waals surface area contributed by atoms with Crippen molar-refractivity contribution in [1.29, 1.82) is 0 Å². The number of aromatic nitrogens is 2. The Morgan fingerprint density at radius 1 is 1.33 bits per heavy atom. The molecule has 0 fully saturated rings. The van der Waals surface area contributed by atoms with Gasteiger partial charge >= 0.3 is 0 Å². The van der Waals surface area contributed by atoms with Gasteiger partial charge in [-0.15, -0.1) is 0 Å². The summed E-state index contributed by atoms with van der Waals surface area (Å²) in [5, 5.41) is 3.50. The molecule has 116 valence electrons. The molecule has 0 bridgehead atoms. The Hall–Kier alpha value is -1.55. The minimum Gasteiger partial charge on any atom is -0.358 e. The Labute approximate surface area is 128 Å². The predicted molar refractivity (Wildman–Crippen MR) is 89.9 cm³/mol. The van der Waals surface area contributed by atoms with Crippen molar-refractivity contribution in [3.8, 4) is 0 Å². The Morgan fingerprint density at radius 3 is 2.86 bits per heavy atom. The van der Waals surface area contributed by atoms with Crippen LogP contribution in [-0.4, -0.2) is 29.5 Å². The number of hydrogen-bond donors (Lipinski definition) is 1. The summed E-state index contributed by atoms with van der Waals surface area (Å²) >= 11 is 0. The van der Waals surface area contributed by atoms with E-state index in [-0.39, 0.29) is 0 Å². The van der Waals surface area contributed by atoms with Crippen molar-refractivity contribution in [3.63, 3.8) is 0 Å². The molecule has 1 N–H and O–H groups in total. The average molecular weight is 288 g/mol. The summed E-state index contributed by atoms with van der Waals surface area (Å²) in [5.41, 5.74) is 2.28. The van der Waals surface area contributed by atoms with E-state index < -0.39 is 0 Å². The van der Waals surface area contributed by atoms with E-state index in [1.165, 1.54) is 12.1 Å². The summed E-state index contributed by atoms with van der Waals surface area (Å²) in [6.07, 6.45) is 4.44. The van der Waals surface area contributed by atoms with Crippen molar-refractivity contribution in [2.45, 2.75) is 40.2 Å². The van der Waals surface area contributed by atoms with E-state index in [4.69, 9.17) is 4.98 Å². The van der Waals surface area contributed by atoms with Gasteiger partial charge in [-0.05, 0) is 37.4 Å². The molecular formula is C17H28N4. The second-order valence-electron chi connectivity index (χ2n) is 6.09. The molecule has 0 aromatic carbocycles. The molecule has 21 heavy (non-hydrogen) atoms. The number of nitrogens with zero attached hydrogens (tertiary/aromatic N) is 3. The van der Waals surface area contributed by atoms with Gasteiger partial charge in [0.25, 0.3) is 0 Å². The molecule has 0 amide bonds. The average Bonchev–Trinajstić information content (AvgIpc) is 2.84. The van der Waals surface area contributed by atoms with E-state index in [9.17, 15) is 0 Å². The smallest absolute Gasteiger partial charge is 0.152 e. The third-order valence-electron chi connectivity index (χ3n) is 3.73. The molecule has 2 aromatic rings. The van der Waals surface area contributed by atoms with Crippen LogP contribution in [0.15, 0.2) is 24.4 Å². The monoisotopic (exact) mass is 288 g/mol. The fraction of sp³-hybridized carbons (Fsp3) is 0.588. The van der Waals surface area contributed by atoms with Crippen molar-refractivity contribution < 1.29 is 0 Å². The maximum atomic E-state index is 4.82. The zero-order valence-corrected chi connectivity index (χ0v) is 13.8. The zero-order valence-electron chi connectivity index (χ0n) is 13.8. The third kappa shape index (κ3) is 3.97. The molecule has 0 radical (unpaired) electrons. The molecule has 4 nitrogen and oxygen atoms in total. The van der Waals surface area contributed by atoms with Crippen molar-refractivity contribution >= 4 is 11.5 Å². The van der Waals surface area contributed by atoms with Crippen LogP contribution in [0.25, 0.3) is 5.65 Å². The largest absolute Gasteiger partial charge is 0.358 e. The molecule has 0 aliphatic heterocycles. The van der Waals surface area contributed by atoms with Crippen LogP contribution < -0.4 is 10.2 Å². The topological polar surface area (TPSA) is 32.6 Å². The van der Waals surface area contributed by atoms with E-state index in [0.717, 1.165) is 37.5 Å². The summed E-state index contributed by atoms with van der Waals surface area (Å²) in [4.78, 5) is 7.11. The minimum absolute atomic E-state index is 0.714. The Kier molecular flexibility index (Phi) is 5.62. The number of nitrogens with one attached hydrogen (secondary N) is 1. The maximum Gasteiger partial charge on any atom is 0.152 e. The lowest BCUT2D eigenvalue weighted by molar-refractivity contribution is 0.582. The lowest BCUT2D eigenvalue weighted by atomic mass is 10.1. The summed E-state index contributed by atoms with van der Waals surface area (Å²) in [5.74, 6) is 1.82. The van der Waals surface area contributed by atoms with Crippen LogP contribution in [0.3, 0.4) is 0 Å². The van der Waals surface area contributed by atoms with Gasteiger partial charge in [-0.25, -0.2) is 4.98 Å². The number of hydrogen-bond acceptors (Lipinski definition) is 3. The standard InChI is InChI=1S/C17H28N4/c1-5-10-18-13-15-17(20(4)12-9-14(2)3)19-16-8-6-7-11-21(15)16/h6-8,11,14,18H,5,9-10,12-13H2,1-4H3. The molecule has 0 unspecified atom stereocenters. The Morgan fingerprint density at radius 2 is 2.14 bits per heavy atom. The second kappa shape index (κ2) is 7.46.